The van der Waals surface area contributed by atoms with Crippen LogP contribution in [0.4, 0.5) is 0 Å². The minimum absolute atomic E-state index is 0.0193. The molecule has 0 amide bonds. The van der Waals surface area contributed by atoms with Crippen molar-refractivity contribution >= 4 is 0 Å². The molecule has 1 aliphatic rings. The van der Waals surface area contributed by atoms with E-state index in [4.69, 9.17) is 10.6 Å². The zero-order valence-corrected chi connectivity index (χ0v) is 13.4. The molecular formula is C19H24N2O. The Morgan fingerprint density at radius 2 is 1.73 bits per heavy atom. The van der Waals surface area contributed by atoms with E-state index in [9.17, 15) is 0 Å². The summed E-state index contributed by atoms with van der Waals surface area (Å²) in [5.74, 6) is 0. The van der Waals surface area contributed by atoms with Gasteiger partial charge in [0.2, 0.25) is 0 Å². The molecule has 1 atom stereocenters. The second-order valence-corrected chi connectivity index (χ2v) is 6.25. The lowest BCUT2D eigenvalue weighted by Gasteiger charge is -2.19. The fourth-order valence-electron chi connectivity index (χ4n) is 2.89. The topological polar surface area (TPSA) is 38.5 Å². The fraction of sp³-hybridized carbons (Fsp3) is 0.368. The van der Waals surface area contributed by atoms with Gasteiger partial charge in [-0.2, -0.15) is 5.06 Å². The lowest BCUT2D eigenvalue weighted by Crippen LogP contribution is -2.32. The Labute approximate surface area is 132 Å². The number of hydroxylamine groups is 2. The van der Waals surface area contributed by atoms with E-state index in [2.05, 4.69) is 56.3 Å². The van der Waals surface area contributed by atoms with Crippen LogP contribution in [0.1, 0.15) is 27.8 Å². The smallest absolute Gasteiger partial charge is 0.0839 e. The molecule has 2 aromatic carbocycles. The van der Waals surface area contributed by atoms with E-state index in [0.717, 1.165) is 19.5 Å². The van der Waals surface area contributed by atoms with Crippen molar-refractivity contribution in [3.05, 3.63) is 70.3 Å². The summed E-state index contributed by atoms with van der Waals surface area (Å²) in [5, 5.41) is 2.00. The van der Waals surface area contributed by atoms with Crippen LogP contribution in [0.15, 0.2) is 42.5 Å². The molecule has 0 bridgehead atoms. The molecule has 0 fully saturated rings. The molecule has 3 heteroatoms. The van der Waals surface area contributed by atoms with Gasteiger partial charge in [0, 0.05) is 19.1 Å². The molecule has 0 aliphatic carbocycles. The SMILES string of the molecule is Cc1ccc(CC(N)CON2Cc3ccccc3C2)cc1C. The van der Waals surface area contributed by atoms with Crippen LogP contribution in [-0.4, -0.2) is 17.7 Å². The molecule has 1 unspecified atom stereocenters. The average molecular weight is 296 g/mol. The van der Waals surface area contributed by atoms with Crippen molar-refractivity contribution in [2.75, 3.05) is 6.61 Å². The van der Waals surface area contributed by atoms with Crippen molar-refractivity contribution in [2.24, 2.45) is 5.73 Å². The van der Waals surface area contributed by atoms with E-state index in [-0.39, 0.29) is 6.04 Å². The molecule has 22 heavy (non-hydrogen) atoms. The van der Waals surface area contributed by atoms with Crippen LogP contribution in [-0.2, 0) is 24.3 Å². The molecule has 3 rings (SSSR count). The highest BCUT2D eigenvalue weighted by Crippen LogP contribution is 2.22. The first-order valence-electron chi connectivity index (χ1n) is 7.88. The van der Waals surface area contributed by atoms with E-state index in [1.807, 2.05) is 5.06 Å². The predicted octanol–water partition coefficient (Wildman–Crippen LogP) is 3.12. The van der Waals surface area contributed by atoms with E-state index < -0.39 is 0 Å². The Hall–Kier alpha value is -1.68. The molecule has 1 heterocycles. The van der Waals surface area contributed by atoms with Crippen LogP contribution in [0.5, 0.6) is 0 Å². The minimum Gasteiger partial charge on any atom is -0.325 e. The zero-order valence-electron chi connectivity index (χ0n) is 13.4. The Balaban J connectivity index is 1.49. The lowest BCUT2D eigenvalue weighted by atomic mass is 10.0. The average Bonchev–Trinajstić information content (AvgIpc) is 2.92. The minimum atomic E-state index is 0.0193. The fourth-order valence-corrected chi connectivity index (χ4v) is 2.89. The largest absolute Gasteiger partial charge is 0.325 e. The maximum absolute atomic E-state index is 6.23. The number of hydrogen-bond donors (Lipinski definition) is 1. The van der Waals surface area contributed by atoms with Crippen LogP contribution < -0.4 is 5.73 Å². The van der Waals surface area contributed by atoms with Crippen molar-refractivity contribution in [2.45, 2.75) is 39.4 Å². The predicted molar refractivity (Wildman–Crippen MR) is 89.2 cm³/mol. The van der Waals surface area contributed by atoms with E-state index in [0.29, 0.717) is 6.61 Å². The van der Waals surface area contributed by atoms with Crippen LogP contribution in [0.3, 0.4) is 0 Å². The highest BCUT2D eigenvalue weighted by Gasteiger charge is 2.19. The summed E-state index contributed by atoms with van der Waals surface area (Å²) >= 11 is 0. The number of hydrogen-bond acceptors (Lipinski definition) is 3. The molecule has 0 saturated carbocycles. The number of aryl methyl sites for hydroxylation is 2. The lowest BCUT2D eigenvalue weighted by molar-refractivity contribution is -0.169. The second-order valence-electron chi connectivity index (χ2n) is 6.25. The second kappa shape index (κ2) is 6.61. The quantitative estimate of drug-likeness (QED) is 0.921. The first-order valence-corrected chi connectivity index (χ1v) is 7.88. The van der Waals surface area contributed by atoms with Crippen LogP contribution >= 0.6 is 0 Å². The van der Waals surface area contributed by atoms with Crippen molar-refractivity contribution < 1.29 is 4.84 Å². The molecule has 3 nitrogen and oxygen atoms in total. The van der Waals surface area contributed by atoms with Gasteiger partial charge < -0.3 is 5.73 Å². The van der Waals surface area contributed by atoms with Crippen LogP contribution in [0.25, 0.3) is 0 Å². The third-order valence-corrected chi connectivity index (χ3v) is 4.35. The van der Waals surface area contributed by atoms with E-state index >= 15 is 0 Å². The van der Waals surface area contributed by atoms with Crippen molar-refractivity contribution in [3.8, 4) is 0 Å². The van der Waals surface area contributed by atoms with Gasteiger partial charge in [0.15, 0.2) is 0 Å². The van der Waals surface area contributed by atoms with E-state index in [1.165, 1.54) is 27.8 Å². The normalized spacial score (nSPS) is 15.8. The molecule has 0 saturated heterocycles. The Morgan fingerprint density at radius 1 is 1.05 bits per heavy atom. The van der Waals surface area contributed by atoms with E-state index in [1.54, 1.807) is 0 Å². The maximum atomic E-state index is 6.23. The first-order chi connectivity index (χ1) is 10.6. The molecule has 0 radical (unpaired) electrons. The molecular weight excluding hydrogens is 272 g/mol. The molecule has 2 aromatic rings. The monoisotopic (exact) mass is 296 g/mol. The first kappa shape index (κ1) is 15.2. The number of benzene rings is 2. The molecule has 0 aromatic heterocycles. The Bertz CT molecular complexity index is 629. The van der Waals surface area contributed by atoms with Gasteiger partial charge in [-0.3, -0.25) is 4.84 Å². The van der Waals surface area contributed by atoms with Crippen molar-refractivity contribution in [1.29, 1.82) is 0 Å². The number of nitrogens with zero attached hydrogens (tertiary/aromatic N) is 1. The van der Waals surface area contributed by atoms with Crippen LogP contribution in [0, 0.1) is 13.8 Å². The zero-order chi connectivity index (χ0) is 15.5. The Kier molecular flexibility index (Phi) is 4.57. The van der Waals surface area contributed by atoms with Gasteiger partial charge in [0.05, 0.1) is 6.61 Å². The number of nitrogens with two attached hydrogens (primary N) is 1. The van der Waals surface area contributed by atoms with Gasteiger partial charge in [0.25, 0.3) is 0 Å². The van der Waals surface area contributed by atoms with Gasteiger partial charge in [-0.1, -0.05) is 42.5 Å². The highest BCUT2D eigenvalue weighted by atomic mass is 16.7. The standard InChI is InChI=1S/C19H24N2O/c1-14-7-8-16(9-15(14)2)10-19(20)13-22-21-11-17-5-3-4-6-18(17)12-21/h3-9,19H,10-13,20H2,1-2H3. The number of fused-ring (bicyclic) bond motifs is 1. The summed E-state index contributed by atoms with van der Waals surface area (Å²) in [7, 11) is 0. The molecule has 116 valence electrons. The van der Waals surface area contributed by atoms with Crippen molar-refractivity contribution in [3.63, 3.8) is 0 Å². The summed E-state index contributed by atoms with van der Waals surface area (Å²) in [5.41, 5.74) is 12.9. The van der Waals surface area contributed by atoms with Gasteiger partial charge in [0.1, 0.15) is 0 Å². The highest BCUT2D eigenvalue weighted by molar-refractivity contribution is 5.30. The van der Waals surface area contributed by atoms with Crippen molar-refractivity contribution in [1.82, 2.24) is 5.06 Å². The number of rotatable bonds is 5. The maximum Gasteiger partial charge on any atom is 0.0839 e. The van der Waals surface area contributed by atoms with Gasteiger partial charge in [-0.15, -0.1) is 0 Å². The summed E-state index contributed by atoms with van der Waals surface area (Å²) in [6, 6.07) is 15.0. The molecule has 2 N–H and O–H groups in total. The summed E-state index contributed by atoms with van der Waals surface area (Å²) < 4.78 is 0. The van der Waals surface area contributed by atoms with Gasteiger partial charge in [-0.25, -0.2) is 0 Å². The third-order valence-electron chi connectivity index (χ3n) is 4.35. The summed E-state index contributed by atoms with van der Waals surface area (Å²) in [4.78, 5) is 5.88. The van der Waals surface area contributed by atoms with Crippen LogP contribution in [0.2, 0.25) is 0 Å². The summed E-state index contributed by atoms with van der Waals surface area (Å²) in [6.07, 6.45) is 0.849. The molecule has 1 aliphatic heterocycles. The van der Waals surface area contributed by atoms with Gasteiger partial charge >= 0.3 is 0 Å². The molecule has 0 spiro atoms. The third kappa shape index (κ3) is 3.55. The summed E-state index contributed by atoms with van der Waals surface area (Å²) in [6.45, 7) is 6.54. The Morgan fingerprint density at radius 3 is 2.36 bits per heavy atom. The van der Waals surface area contributed by atoms with Gasteiger partial charge in [-0.05, 0) is 48.1 Å².